The maximum atomic E-state index is 10.5. The maximum absolute atomic E-state index is 10.5. The van der Waals surface area contributed by atoms with Crippen LogP contribution in [-0.2, 0) is 18.9 Å². The molecular formula is C16H31NO9. The molecule has 2 aliphatic rings. The molecule has 2 saturated heterocycles. The van der Waals surface area contributed by atoms with Gasteiger partial charge >= 0.3 is 0 Å². The van der Waals surface area contributed by atoms with Crippen molar-refractivity contribution in [2.45, 2.75) is 75.0 Å². The summed E-state index contributed by atoms with van der Waals surface area (Å²) in [5.74, 6) is 0.00854. The van der Waals surface area contributed by atoms with Gasteiger partial charge in [0, 0.05) is 7.11 Å². The zero-order valence-electron chi connectivity index (χ0n) is 15.2. The third-order valence-electron chi connectivity index (χ3n) is 4.94. The van der Waals surface area contributed by atoms with Crippen molar-refractivity contribution in [3.05, 3.63) is 0 Å². The molecule has 0 amide bonds. The predicted molar refractivity (Wildman–Crippen MR) is 88.0 cm³/mol. The fraction of sp³-hybridized carbons (Fsp3) is 1.00. The molecule has 0 aliphatic carbocycles. The van der Waals surface area contributed by atoms with Gasteiger partial charge in [-0.25, -0.2) is 0 Å². The molecule has 0 bridgehead atoms. The fourth-order valence-corrected chi connectivity index (χ4v) is 3.41. The molecule has 154 valence electrons. The highest BCUT2D eigenvalue weighted by molar-refractivity contribution is 4.98. The van der Waals surface area contributed by atoms with E-state index in [1.807, 2.05) is 13.8 Å². The number of ether oxygens (including phenoxy) is 4. The van der Waals surface area contributed by atoms with Crippen LogP contribution in [0.15, 0.2) is 0 Å². The first-order valence-corrected chi connectivity index (χ1v) is 8.76. The number of hydrogen-bond donors (Lipinski definition) is 6. The highest BCUT2D eigenvalue weighted by Gasteiger charge is 2.50. The number of aliphatic hydroxyl groups is 5. The van der Waals surface area contributed by atoms with Crippen LogP contribution in [0.5, 0.6) is 0 Å². The summed E-state index contributed by atoms with van der Waals surface area (Å²) in [7, 11) is 1.40. The SMILES string of the molecule is COC[C@H]1O[C@@H](O[C@H]2[C@H](O)[C@@H](N)[C@H](C(C)C)O[C@@H]2CO)[C@H](O)[C@@H](O)[C@H]1O. The number of nitrogens with two attached hydrogens (primary N) is 1. The van der Waals surface area contributed by atoms with E-state index in [-0.39, 0.29) is 12.5 Å². The van der Waals surface area contributed by atoms with Gasteiger partial charge in [-0.05, 0) is 5.92 Å². The van der Waals surface area contributed by atoms with Gasteiger partial charge in [-0.15, -0.1) is 0 Å². The van der Waals surface area contributed by atoms with Crippen LogP contribution >= 0.6 is 0 Å². The lowest BCUT2D eigenvalue weighted by Gasteiger charge is -2.47. The van der Waals surface area contributed by atoms with Gasteiger partial charge in [0.15, 0.2) is 6.29 Å². The van der Waals surface area contributed by atoms with E-state index in [9.17, 15) is 25.5 Å². The van der Waals surface area contributed by atoms with Gasteiger partial charge in [-0.2, -0.15) is 0 Å². The Morgan fingerprint density at radius 1 is 0.962 bits per heavy atom. The fourth-order valence-electron chi connectivity index (χ4n) is 3.41. The normalized spacial score (nSPS) is 47.3. The average molecular weight is 381 g/mol. The lowest BCUT2D eigenvalue weighted by atomic mass is 9.88. The molecule has 2 fully saturated rings. The summed E-state index contributed by atoms with van der Waals surface area (Å²) in [6, 6.07) is -0.770. The molecule has 2 heterocycles. The lowest BCUT2D eigenvalue weighted by Crippen LogP contribution is -2.66. The Morgan fingerprint density at radius 2 is 1.62 bits per heavy atom. The van der Waals surface area contributed by atoms with Crippen molar-refractivity contribution in [2.24, 2.45) is 11.7 Å². The van der Waals surface area contributed by atoms with Crippen LogP contribution in [0.25, 0.3) is 0 Å². The van der Waals surface area contributed by atoms with Crippen molar-refractivity contribution in [2.75, 3.05) is 20.3 Å². The van der Waals surface area contributed by atoms with Gasteiger partial charge in [-0.1, -0.05) is 13.8 Å². The highest BCUT2D eigenvalue weighted by atomic mass is 16.7. The van der Waals surface area contributed by atoms with Crippen LogP contribution < -0.4 is 5.73 Å². The van der Waals surface area contributed by atoms with Crippen LogP contribution in [0, 0.1) is 5.92 Å². The highest BCUT2D eigenvalue weighted by Crippen LogP contribution is 2.30. The standard InChI is InChI=1S/C16H31NO9/c1-6(2)14-9(17)11(20)15(7(4-18)24-14)26-16-13(22)12(21)10(19)8(25-16)5-23-3/h6-16,18-22H,4-5,17H2,1-3H3/t7-,8-,9-,10+,11-,12+,13-,14+,15-,16+/m1/s1. The Balaban J connectivity index is 2.13. The first-order valence-electron chi connectivity index (χ1n) is 8.76. The average Bonchev–Trinajstić information content (AvgIpc) is 2.60. The Morgan fingerprint density at radius 3 is 2.15 bits per heavy atom. The smallest absolute Gasteiger partial charge is 0.187 e. The van der Waals surface area contributed by atoms with Crippen molar-refractivity contribution < 1.29 is 44.5 Å². The van der Waals surface area contributed by atoms with Crippen molar-refractivity contribution in [1.82, 2.24) is 0 Å². The summed E-state index contributed by atoms with van der Waals surface area (Å²) in [6.07, 6.45) is -10.4. The van der Waals surface area contributed by atoms with E-state index in [2.05, 4.69) is 0 Å². The molecule has 0 aromatic heterocycles. The minimum Gasteiger partial charge on any atom is -0.394 e. The Hall–Kier alpha value is -0.400. The number of hydrogen-bond acceptors (Lipinski definition) is 10. The minimum atomic E-state index is -1.57. The van der Waals surface area contributed by atoms with Crippen LogP contribution in [0.2, 0.25) is 0 Å². The Bertz CT molecular complexity index is 438. The number of rotatable bonds is 6. The zero-order chi connectivity index (χ0) is 19.6. The third-order valence-corrected chi connectivity index (χ3v) is 4.94. The second-order valence-electron chi connectivity index (χ2n) is 7.20. The molecular weight excluding hydrogens is 350 g/mol. The van der Waals surface area contributed by atoms with Crippen LogP contribution in [0.1, 0.15) is 13.8 Å². The summed E-state index contributed by atoms with van der Waals surface area (Å²) in [5.41, 5.74) is 6.05. The number of aliphatic hydroxyl groups excluding tert-OH is 5. The summed E-state index contributed by atoms with van der Waals surface area (Å²) < 4.78 is 21.8. The summed E-state index contributed by atoms with van der Waals surface area (Å²) in [6.45, 7) is 3.29. The topological polar surface area (TPSA) is 164 Å². The molecule has 2 aliphatic heterocycles. The second kappa shape index (κ2) is 9.20. The molecule has 0 radical (unpaired) electrons. The quantitative estimate of drug-likeness (QED) is 0.278. The Kier molecular flexibility index (Phi) is 7.74. The van der Waals surface area contributed by atoms with Crippen molar-refractivity contribution in [1.29, 1.82) is 0 Å². The third kappa shape index (κ3) is 4.36. The van der Waals surface area contributed by atoms with Crippen LogP contribution in [0.3, 0.4) is 0 Å². The molecule has 0 aromatic rings. The van der Waals surface area contributed by atoms with E-state index in [1.54, 1.807) is 0 Å². The summed E-state index contributed by atoms with van der Waals surface area (Å²) >= 11 is 0. The van der Waals surface area contributed by atoms with Crippen LogP contribution in [-0.4, -0.2) is 107 Å². The van der Waals surface area contributed by atoms with E-state index < -0.39 is 67.8 Å². The number of methoxy groups -OCH3 is 1. The van der Waals surface area contributed by atoms with Gasteiger partial charge < -0.3 is 50.2 Å². The lowest BCUT2D eigenvalue weighted by molar-refractivity contribution is -0.337. The summed E-state index contributed by atoms with van der Waals surface area (Å²) in [4.78, 5) is 0. The first kappa shape index (κ1) is 21.9. The van der Waals surface area contributed by atoms with Gasteiger partial charge in [0.05, 0.1) is 25.4 Å². The van der Waals surface area contributed by atoms with Gasteiger partial charge in [0.25, 0.3) is 0 Å². The maximum Gasteiger partial charge on any atom is 0.187 e. The molecule has 0 unspecified atom stereocenters. The van der Waals surface area contributed by atoms with E-state index in [0.717, 1.165) is 0 Å². The van der Waals surface area contributed by atoms with Gasteiger partial charge in [0.2, 0.25) is 0 Å². The molecule has 0 saturated carbocycles. The molecule has 10 atom stereocenters. The van der Waals surface area contributed by atoms with Gasteiger partial charge in [-0.3, -0.25) is 0 Å². The minimum absolute atomic E-state index is 0.00854. The van der Waals surface area contributed by atoms with E-state index >= 15 is 0 Å². The van der Waals surface area contributed by atoms with Crippen molar-refractivity contribution in [3.63, 3.8) is 0 Å². The molecule has 2 rings (SSSR count). The summed E-state index contributed by atoms with van der Waals surface area (Å²) in [5, 5.41) is 50.3. The Labute approximate surface area is 152 Å². The van der Waals surface area contributed by atoms with E-state index in [4.69, 9.17) is 24.7 Å². The van der Waals surface area contributed by atoms with Crippen molar-refractivity contribution in [3.8, 4) is 0 Å². The second-order valence-corrected chi connectivity index (χ2v) is 7.20. The van der Waals surface area contributed by atoms with Gasteiger partial charge in [0.1, 0.15) is 42.7 Å². The van der Waals surface area contributed by atoms with Crippen LogP contribution in [0.4, 0.5) is 0 Å². The predicted octanol–water partition coefficient (Wildman–Crippen LogP) is -3.07. The van der Waals surface area contributed by atoms with Crippen molar-refractivity contribution >= 4 is 0 Å². The molecule has 0 aromatic carbocycles. The molecule has 26 heavy (non-hydrogen) atoms. The molecule has 0 spiro atoms. The molecule has 10 heteroatoms. The monoisotopic (exact) mass is 381 g/mol. The zero-order valence-corrected chi connectivity index (χ0v) is 15.2. The first-order chi connectivity index (χ1) is 12.2. The molecule has 7 N–H and O–H groups in total. The largest absolute Gasteiger partial charge is 0.394 e. The molecule has 10 nitrogen and oxygen atoms in total. The van der Waals surface area contributed by atoms with E-state index in [0.29, 0.717) is 0 Å². The van der Waals surface area contributed by atoms with E-state index in [1.165, 1.54) is 7.11 Å².